The number of benzene rings is 1. The fourth-order valence-electron chi connectivity index (χ4n) is 2.03. The molecule has 21 heavy (non-hydrogen) atoms. The summed E-state index contributed by atoms with van der Waals surface area (Å²) in [5.41, 5.74) is 0.353. The second-order valence-corrected chi connectivity index (χ2v) is 5.52. The van der Waals surface area contributed by atoms with Crippen LogP contribution in [-0.4, -0.2) is 37.6 Å². The van der Waals surface area contributed by atoms with Crippen molar-refractivity contribution in [3.8, 4) is 0 Å². The van der Waals surface area contributed by atoms with Gasteiger partial charge in [0.25, 0.3) is 5.91 Å². The molecule has 0 bridgehead atoms. The molecule has 1 heterocycles. The molecule has 1 aliphatic rings. The van der Waals surface area contributed by atoms with Gasteiger partial charge in [-0.2, -0.15) is 0 Å². The SMILES string of the molecule is O=C(NCCNC(=O)C1CCCO1)c1ccc(Cl)cc1Cl. The first-order chi connectivity index (χ1) is 10.1. The van der Waals surface area contributed by atoms with E-state index in [9.17, 15) is 9.59 Å². The van der Waals surface area contributed by atoms with Crippen molar-refractivity contribution >= 4 is 35.0 Å². The van der Waals surface area contributed by atoms with E-state index >= 15 is 0 Å². The molecule has 0 spiro atoms. The van der Waals surface area contributed by atoms with Crippen LogP contribution in [-0.2, 0) is 9.53 Å². The molecular weight excluding hydrogens is 315 g/mol. The Morgan fingerprint density at radius 3 is 2.67 bits per heavy atom. The quantitative estimate of drug-likeness (QED) is 0.811. The van der Waals surface area contributed by atoms with Crippen LogP contribution in [0.25, 0.3) is 0 Å². The standard InChI is InChI=1S/C14H16Cl2N2O3/c15-9-3-4-10(11(16)8-9)13(19)17-5-6-18-14(20)12-2-1-7-21-12/h3-4,8,12H,1-2,5-7H2,(H,17,19)(H,18,20). The van der Waals surface area contributed by atoms with Gasteiger partial charge in [0.1, 0.15) is 6.10 Å². The van der Waals surface area contributed by atoms with Gasteiger partial charge in [0.05, 0.1) is 10.6 Å². The maximum Gasteiger partial charge on any atom is 0.252 e. The van der Waals surface area contributed by atoms with Crippen molar-refractivity contribution in [2.45, 2.75) is 18.9 Å². The van der Waals surface area contributed by atoms with Crippen LogP contribution in [0.5, 0.6) is 0 Å². The van der Waals surface area contributed by atoms with Crippen molar-refractivity contribution in [1.82, 2.24) is 10.6 Å². The predicted molar refractivity (Wildman–Crippen MR) is 80.8 cm³/mol. The molecule has 1 aliphatic heterocycles. The molecule has 1 saturated heterocycles. The van der Waals surface area contributed by atoms with E-state index in [0.717, 1.165) is 12.8 Å². The van der Waals surface area contributed by atoms with Gasteiger partial charge in [0, 0.05) is 24.7 Å². The lowest BCUT2D eigenvalue weighted by molar-refractivity contribution is -0.129. The highest BCUT2D eigenvalue weighted by atomic mass is 35.5. The minimum absolute atomic E-state index is 0.133. The van der Waals surface area contributed by atoms with Crippen LogP contribution in [0.15, 0.2) is 18.2 Å². The Labute approximate surface area is 132 Å². The van der Waals surface area contributed by atoms with Gasteiger partial charge >= 0.3 is 0 Å². The van der Waals surface area contributed by atoms with Crippen molar-refractivity contribution in [2.75, 3.05) is 19.7 Å². The maximum atomic E-state index is 11.9. The van der Waals surface area contributed by atoms with Crippen LogP contribution in [0.1, 0.15) is 23.2 Å². The zero-order chi connectivity index (χ0) is 15.2. The molecule has 5 nitrogen and oxygen atoms in total. The topological polar surface area (TPSA) is 67.4 Å². The van der Waals surface area contributed by atoms with Crippen molar-refractivity contribution < 1.29 is 14.3 Å². The van der Waals surface area contributed by atoms with E-state index in [1.54, 1.807) is 12.1 Å². The first kappa shape index (κ1) is 16.1. The molecule has 2 N–H and O–H groups in total. The van der Waals surface area contributed by atoms with E-state index in [4.69, 9.17) is 27.9 Å². The molecule has 114 valence electrons. The molecule has 0 aromatic heterocycles. The van der Waals surface area contributed by atoms with E-state index in [1.165, 1.54) is 6.07 Å². The van der Waals surface area contributed by atoms with Gasteiger partial charge in [-0.15, -0.1) is 0 Å². The maximum absolute atomic E-state index is 11.9. The fourth-order valence-corrected chi connectivity index (χ4v) is 2.52. The minimum atomic E-state index is -0.355. The number of ether oxygens (including phenoxy) is 1. The van der Waals surface area contributed by atoms with Crippen LogP contribution < -0.4 is 10.6 Å². The zero-order valence-corrected chi connectivity index (χ0v) is 12.8. The first-order valence-corrected chi connectivity index (χ1v) is 7.46. The molecule has 0 saturated carbocycles. The average Bonchev–Trinajstić information content (AvgIpc) is 2.97. The molecule has 1 aromatic rings. The first-order valence-electron chi connectivity index (χ1n) is 6.70. The van der Waals surface area contributed by atoms with Crippen LogP contribution >= 0.6 is 23.2 Å². The van der Waals surface area contributed by atoms with Gasteiger partial charge in [0.2, 0.25) is 5.91 Å². The average molecular weight is 331 g/mol. The van der Waals surface area contributed by atoms with Gasteiger partial charge in [0.15, 0.2) is 0 Å². The Kier molecular flexibility index (Phi) is 5.85. The van der Waals surface area contributed by atoms with Gasteiger partial charge in [-0.3, -0.25) is 9.59 Å². The Morgan fingerprint density at radius 1 is 1.24 bits per heavy atom. The lowest BCUT2D eigenvalue weighted by atomic mass is 10.2. The molecule has 2 amide bonds. The van der Waals surface area contributed by atoms with E-state index in [1.807, 2.05) is 0 Å². The Morgan fingerprint density at radius 2 is 2.00 bits per heavy atom. The van der Waals surface area contributed by atoms with E-state index in [2.05, 4.69) is 10.6 Å². The van der Waals surface area contributed by atoms with Crippen LogP contribution in [0.2, 0.25) is 10.0 Å². The van der Waals surface area contributed by atoms with E-state index < -0.39 is 0 Å². The number of carbonyl (C=O) groups excluding carboxylic acids is 2. The smallest absolute Gasteiger partial charge is 0.252 e. The van der Waals surface area contributed by atoms with Crippen molar-refractivity contribution in [1.29, 1.82) is 0 Å². The summed E-state index contributed by atoms with van der Waals surface area (Å²) in [5.74, 6) is -0.436. The monoisotopic (exact) mass is 330 g/mol. The number of hydrogen-bond acceptors (Lipinski definition) is 3. The summed E-state index contributed by atoms with van der Waals surface area (Å²) in [6, 6.07) is 4.67. The van der Waals surface area contributed by atoms with Crippen LogP contribution in [0.3, 0.4) is 0 Å². The summed E-state index contributed by atoms with van der Waals surface area (Å²) in [7, 11) is 0. The molecule has 1 fully saturated rings. The third-order valence-electron chi connectivity index (χ3n) is 3.11. The van der Waals surface area contributed by atoms with E-state index in [-0.39, 0.29) is 17.9 Å². The minimum Gasteiger partial charge on any atom is -0.368 e. The van der Waals surface area contributed by atoms with Gasteiger partial charge in [-0.25, -0.2) is 0 Å². The lowest BCUT2D eigenvalue weighted by Crippen LogP contribution is -2.39. The van der Waals surface area contributed by atoms with Crippen molar-refractivity contribution in [3.63, 3.8) is 0 Å². The summed E-state index contributed by atoms with van der Waals surface area (Å²) in [5, 5.41) is 6.17. The third kappa shape index (κ3) is 4.59. The molecule has 1 unspecified atom stereocenters. The molecular formula is C14H16Cl2N2O3. The van der Waals surface area contributed by atoms with Crippen molar-refractivity contribution in [3.05, 3.63) is 33.8 Å². The second-order valence-electron chi connectivity index (χ2n) is 4.67. The molecule has 7 heteroatoms. The highest BCUT2D eigenvalue weighted by Gasteiger charge is 2.22. The number of nitrogens with one attached hydrogen (secondary N) is 2. The highest BCUT2D eigenvalue weighted by molar-refractivity contribution is 6.36. The number of hydrogen-bond donors (Lipinski definition) is 2. The largest absolute Gasteiger partial charge is 0.368 e. The molecule has 2 rings (SSSR count). The van der Waals surface area contributed by atoms with Crippen molar-refractivity contribution in [2.24, 2.45) is 0 Å². The van der Waals surface area contributed by atoms with Gasteiger partial charge in [-0.1, -0.05) is 23.2 Å². The normalized spacial score (nSPS) is 17.5. The van der Waals surface area contributed by atoms with Gasteiger partial charge < -0.3 is 15.4 Å². The van der Waals surface area contributed by atoms with Crippen LogP contribution in [0, 0.1) is 0 Å². The van der Waals surface area contributed by atoms with Gasteiger partial charge in [-0.05, 0) is 31.0 Å². The summed E-state index contributed by atoms with van der Waals surface area (Å²) in [6.45, 7) is 1.29. The zero-order valence-electron chi connectivity index (χ0n) is 11.3. The molecule has 1 aromatic carbocycles. The fraction of sp³-hybridized carbons (Fsp3) is 0.429. The van der Waals surface area contributed by atoms with Crippen LogP contribution in [0.4, 0.5) is 0 Å². The summed E-state index contributed by atoms with van der Waals surface area (Å²) in [4.78, 5) is 23.6. The second kappa shape index (κ2) is 7.64. The number of halogens is 2. The van der Waals surface area contributed by atoms with E-state index in [0.29, 0.717) is 35.3 Å². The number of carbonyl (C=O) groups is 2. The third-order valence-corrected chi connectivity index (χ3v) is 3.66. The predicted octanol–water partition coefficient (Wildman–Crippen LogP) is 2.02. The Hall–Kier alpha value is -1.30. The summed E-state index contributed by atoms with van der Waals surface area (Å²) < 4.78 is 5.26. The molecule has 1 atom stereocenters. The Bertz CT molecular complexity index is 531. The molecule has 0 aliphatic carbocycles. The Balaban J connectivity index is 1.73. The number of amides is 2. The molecule has 0 radical (unpaired) electrons. The summed E-state index contributed by atoms with van der Waals surface area (Å²) in [6.07, 6.45) is 1.30. The lowest BCUT2D eigenvalue weighted by Gasteiger charge is -2.11. The summed E-state index contributed by atoms with van der Waals surface area (Å²) >= 11 is 11.7. The highest BCUT2D eigenvalue weighted by Crippen LogP contribution is 2.20. The number of rotatable bonds is 5.